The number of rotatable bonds is 4. The van der Waals surface area contributed by atoms with Crippen molar-refractivity contribution in [1.82, 2.24) is 4.98 Å². The van der Waals surface area contributed by atoms with Gasteiger partial charge >= 0.3 is 6.18 Å². The molecule has 4 rings (SSSR count). The fourth-order valence-corrected chi connectivity index (χ4v) is 3.82. The number of aromatic nitrogens is 1. The maximum absolute atomic E-state index is 13.5. The third-order valence-corrected chi connectivity index (χ3v) is 5.37. The summed E-state index contributed by atoms with van der Waals surface area (Å²) < 4.78 is 45.9. The van der Waals surface area contributed by atoms with Crippen molar-refractivity contribution in [1.29, 1.82) is 0 Å². The maximum atomic E-state index is 13.5. The lowest BCUT2D eigenvalue weighted by Gasteiger charge is -2.17. The molecule has 0 bridgehead atoms. The molecule has 0 aliphatic heterocycles. The molecule has 3 aromatic carbocycles. The highest BCUT2D eigenvalue weighted by molar-refractivity contribution is 6.31. The Bertz CT molecular complexity index is 1450. The van der Waals surface area contributed by atoms with Crippen LogP contribution in [0.1, 0.15) is 5.56 Å². The maximum Gasteiger partial charge on any atom is 0.416 e. The van der Waals surface area contributed by atoms with Gasteiger partial charge in [-0.25, -0.2) is 0 Å². The van der Waals surface area contributed by atoms with Crippen molar-refractivity contribution in [3.8, 4) is 28.0 Å². The lowest BCUT2D eigenvalue weighted by molar-refractivity contribution is -0.384. The summed E-state index contributed by atoms with van der Waals surface area (Å²) in [5, 5.41) is 11.4. The molecule has 0 atom stereocenters. The molecule has 0 aliphatic carbocycles. The van der Waals surface area contributed by atoms with E-state index in [-0.39, 0.29) is 44.1 Å². The molecule has 0 spiro atoms. The average molecular weight is 475 g/mol. The first-order valence-electron chi connectivity index (χ1n) is 9.46. The quantitative estimate of drug-likeness (QED) is 0.272. The smallest absolute Gasteiger partial charge is 0.416 e. The Kier molecular flexibility index (Phi) is 5.59. The highest BCUT2D eigenvalue weighted by Gasteiger charge is 2.31. The largest absolute Gasteiger partial charge is 0.496 e. The van der Waals surface area contributed by atoms with Gasteiger partial charge in [-0.2, -0.15) is 13.2 Å². The summed E-state index contributed by atoms with van der Waals surface area (Å²) in [6, 6.07) is 12.7. The van der Waals surface area contributed by atoms with Gasteiger partial charge in [0.2, 0.25) is 0 Å². The number of nitro groups is 1. The van der Waals surface area contributed by atoms with Gasteiger partial charge in [0.15, 0.2) is 0 Å². The number of pyridine rings is 1. The van der Waals surface area contributed by atoms with Crippen LogP contribution in [0.25, 0.3) is 33.2 Å². The average Bonchev–Trinajstić information content (AvgIpc) is 2.77. The SMILES string of the molecule is COc1ccc(Cl)cc1-c1c(-c2ccc([N+](=O)[O-])cc2)c(=O)[nH]c2ccc(C(F)(F)F)cc12. The van der Waals surface area contributed by atoms with E-state index in [4.69, 9.17) is 16.3 Å². The Morgan fingerprint density at radius 3 is 2.30 bits per heavy atom. The summed E-state index contributed by atoms with van der Waals surface area (Å²) in [5.74, 6) is 0.284. The van der Waals surface area contributed by atoms with Crippen LogP contribution in [0.3, 0.4) is 0 Å². The van der Waals surface area contributed by atoms with E-state index in [9.17, 15) is 28.1 Å². The predicted molar refractivity (Wildman–Crippen MR) is 119 cm³/mol. The van der Waals surface area contributed by atoms with E-state index >= 15 is 0 Å². The van der Waals surface area contributed by atoms with E-state index in [0.29, 0.717) is 5.56 Å². The number of hydrogen-bond donors (Lipinski definition) is 1. The van der Waals surface area contributed by atoms with Crippen LogP contribution >= 0.6 is 11.6 Å². The molecule has 0 saturated heterocycles. The van der Waals surface area contributed by atoms with Crippen molar-refractivity contribution in [3.05, 3.63) is 91.7 Å². The van der Waals surface area contributed by atoms with E-state index in [2.05, 4.69) is 4.98 Å². The van der Waals surface area contributed by atoms with Crippen LogP contribution in [-0.4, -0.2) is 17.0 Å². The van der Waals surface area contributed by atoms with Crippen LogP contribution in [0.15, 0.2) is 65.5 Å². The number of hydrogen-bond acceptors (Lipinski definition) is 4. The Labute approximate surface area is 189 Å². The van der Waals surface area contributed by atoms with E-state index < -0.39 is 22.2 Å². The Morgan fingerprint density at radius 1 is 1.00 bits per heavy atom. The second-order valence-electron chi connectivity index (χ2n) is 7.11. The summed E-state index contributed by atoms with van der Waals surface area (Å²) in [7, 11) is 1.38. The number of halogens is 4. The fraction of sp³-hybridized carbons (Fsp3) is 0.0870. The molecule has 0 unspecified atom stereocenters. The molecule has 1 aromatic heterocycles. The Morgan fingerprint density at radius 2 is 1.70 bits per heavy atom. The molecule has 0 amide bonds. The number of aromatic amines is 1. The van der Waals surface area contributed by atoms with E-state index in [1.165, 1.54) is 49.6 Å². The van der Waals surface area contributed by atoms with E-state index in [0.717, 1.165) is 12.1 Å². The van der Waals surface area contributed by atoms with Gasteiger partial charge in [0, 0.05) is 39.2 Å². The van der Waals surface area contributed by atoms with Gasteiger partial charge in [0.05, 0.1) is 23.2 Å². The van der Waals surface area contributed by atoms with Gasteiger partial charge in [-0.1, -0.05) is 11.6 Å². The molecule has 4 aromatic rings. The minimum atomic E-state index is -4.62. The first kappa shape index (κ1) is 22.3. The van der Waals surface area contributed by atoms with E-state index in [1.807, 2.05) is 0 Å². The van der Waals surface area contributed by atoms with Crippen molar-refractivity contribution < 1.29 is 22.8 Å². The van der Waals surface area contributed by atoms with Crippen LogP contribution in [0.5, 0.6) is 5.75 Å². The zero-order valence-corrected chi connectivity index (χ0v) is 17.6. The third kappa shape index (κ3) is 4.14. The van der Waals surface area contributed by atoms with Crippen LogP contribution in [-0.2, 0) is 6.18 Å². The normalized spacial score (nSPS) is 11.5. The molecule has 10 heteroatoms. The molecule has 0 fully saturated rings. The van der Waals surface area contributed by atoms with Crippen molar-refractivity contribution in [2.45, 2.75) is 6.18 Å². The Balaban J connectivity index is 2.16. The summed E-state index contributed by atoms with van der Waals surface area (Å²) in [6.45, 7) is 0. The van der Waals surface area contributed by atoms with Gasteiger partial charge in [-0.3, -0.25) is 14.9 Å². The number of alkyl halides is 3. The number of ether oxygens (including phenoxy) is 1. The number of nitrogens with one attached hydrogen (secondary N) is 1. The van der Waals surface area contributed by atoms with Crippen LogP contribution in [0.2, 0.25) is 5.02 Å². The molecule has 1 N–H and O–H groups in total. The van der Waals surface area contributed by atoms with Gasteiger partial charge in [0.25, 0.3) is 11.2 Å². The number of benzene rings is 3. The third-order valence-electron chi connectivity index (χ3n) is 5.14. The molecule has 0 saturated carbocycles. The number of H-pyrrole nitrogens is 1. The van der Waals surface area contributed by atoms with Crippen molar-refractivity contribution in [3.63, 3.8) is 0 Å². The van der Waals surface area contributed by atoms with Gasteiger partial charge in [0.1, 0.15) is 5.75 Å². The molecule has 0 aliphatic rings. The van der Waals surface area contributed by atoms with E-state index in [1.54, 1.807) is 6.07 Å². The predicted octanol–water partition coefficient (Wildman–Crippen LogP) is 6.45. The van der Waals surface area contributed by atoms with Crippen molar-refractivity contribution in [2.75, 3.05) is 7.11 Å². The molecule has 1 heterocycles. The summed E-state index contributed by atoms with van der Waals surface area (Å²) in [4.78, 5) is 26.2. The highest BCUT2D eigenvalue weighted by Crippen LogP contribution is 2.42. The number of methoxy groups -OCH3 is 1. The summed E-state index contributed by atoms with van der Waals surface area (Å²) in [5.41, 5.74) is -0.753. The number of non-ortho nitro benzene ring substituents is 1. The highest BCUT2D eigenvalue weighted by atomic mass is 35.5. The first-order chi connectivity index (χ1) is 15.6. The minimum absolute atomic E-state index is 0.0253. The van der Waals surface area contributed by atoms with Gasteiger partial charge in [-0.05, 0) is 54.1 Å². The molecule has 6 nitrogen and oxygen atoms in total. The Hall–Kier alpha value is -3.85. The summed E-state index contributed by atoms with van der Waals surface area (Å²) in [6.07, 6.45) is -4.62. The van der Waals surface area contributed by atoms with Crippen LogP contribution in [0, 0.1) is 10.1 Å². The second-order valence-corrected chi connectivity index (χ2v) is 7.55. The van der Waals surface area contributed by atoms with Gasteiger partial charge < -0.3 is 9.72 Å². The zero-order valence-electron chi connectivity index (χ0n) is 16.9. The topological polar surface area (TPSA) is 85.2 Å². The second kappa shape index (κ2) is 8.25. The van der Waals surface area contributed by atoms with Crippen LogP contribution < -0.4 is 10.3 Å². The lowest BCUT2D eigenvalue weighted by atomic mass is 9.91. The molecule has 168 valence electrons. The lowest BCUT2D eigenvalue weighted by Crippen LogP contribution is -2.13. The zero-order chi connectivity index (χ0) is 23.9. The standard InChI is InChI=1S/C23H14ClF3N2O4/c1-33-19-9-5-14(24)11-17(19)21-16-10-13(23(25,26)27)4-8-18(16)28-22(30)20(21)12-2-6-15(7-3-12)29(31)32/h2-11H,1H3,(H,28,30). The molecule has 0 radical (unpaired) electrons. The number of nitrogens with zero attached hydrogens (tertiary/aromatic N) is 1. The molecule has 33 heavy (non-hydrogen) atoms. The van der Waals surface area contributed by atoms with Crippen molar-refractivity contribution in [2.24, 2.45) is 0 Å². The number of fused-ring (bicyclic) bond motifs is 1. The first-order valence-corrected chi connectivity index (χ1v) is 9.84. The molecular formula is C23H14ClF3N2O4. The van der Waals surface area contributed by atoms with Crippen LogP contribution in [0.4, 0.5) is 18.9 Å². The molecular weight excluding hydrogens is 461 g/mol. The fourth-order valence-electron chi connectivity index (χ4n) is 3.65. The summed E-state index contributed by atoms with van der Waals surface area (Å²) >= 11 is 6.18. The van der Waals surface area contributed by atoms with Crippen molar-refractivity contribution >= 4 is 28.2 Å². The monoisotopic (exact) mass is 474 g/mol. The number of nitro benzene ring substituents is 1. The minimum Gasteiger partial charge on any atom is -0.496 e. The van der Waals surface area contributed by atoms with Gasteiger partial charge in [-0.15, -0.1) is 0 Å².